The van der Waals surface area contributed by atoms with Crippen LogP contribution in [-0.4, -0.2) is 42.4 Å². The molecule has 0 aromatic rings. The number of piperidine rings is 1. The van der Waals surface area contributed by atoms with Crippen molar-refractivity contribution in [2.24, 2.45) is 17.6 Å². The monoisotopic (exact) mass is 295 g/mol. The van der Waals surface area contributed by atoms with Crippen LogP contribution in [0.25, 0.3) is 0 Å². The summed E-state index contributed by atoms with van der Waals surface area (Å²) in [6, 6.07) is 0.238. The largest absolute Gasteiger partial charge is 0.353 e. The highest BCUT2D eigenvalue weighted by atomic mass is 16.2. The Bertz CT molecular complexity index is 365. The molecule has 2 amide bonds. The quantitative estimate of drug-likeness (QED) is 0.802. The van der Waals surface area contributed by atoms with E-state index in [1.165, 1.54) is 0 Å². The molecule has 5 nitrogen and oxygen atoms in total. The molecular weight excluding hydrogens is 266 g/mol. The van der Waals surface area contributed by atoms with Crippen molar-refractivity contribution >= 4 is 11.8 Å². The molecular formula is C16H29N3O2. The third-order valence-electron chi connectivity index (χ3n) is 4.93. The van der Waals surface area contributed by atoms with E-state index in [-0.39, 0.29) is 17.9 Å². The molecule has 0 aromatic carbocycles. The van der Waals surface area contributed by atoms with Gasteiger partial charge in [0, 0.05) is 31.5 Å². The van der Waals surface area contributed by atoms with Crippen molar-refractivity contribution in [1.82, 2.24) is 10.2 Å². The molecule has 3 N–H and O–H groups in total. The minimum atomic E-state index is 0.140. The molecule has 2 atom stereocenters. The number of amides is 2. The highest BCUT2D eigenvalue weighted by Gasteiger charge is 2.35. The molecule has 1 aliphatic carbocycles. The maximum atomic E-state index is 12.6. The van der Waals surface area contributed by atoms with Crippen molar-refractivity contribution in [3.8, 4) is 0 Å². The van der Waals surface area contributed by atoms with E-state index < -0.39 is 0 Å². The molecule has 2 aliphatic rings. The first kappa shape index (κ1) is 16.3. The lowest BCUT2D eigenvalue weighted by Gasteiger charge is -2.35. The van der Waals surface area contributed by atoms with E-state index in [1.807, 2.05) is 11.8 Å². The second kappa shape index (κ2) is 7.78. The molecule has 120 valence electrons. The molecule has 0 aromatic heterocycles. The maximum absolute atomic E-state index is 12.6. The average molecular weight is 295 g/mol. The van der Waals surface area contributed by atoms with Crippen LogP contribution in [0.3, 0.4) is 0 Å². The van der Waals surface area contributed by atoms with Crippen LogP contribution in [0, 0.1) is 11.8 Å². The van der Waals surface area contributed by atoms with E-state index >= 15 is 0 Å². The SMILES string of the molecule is CCCC(=O)NC1CCN(C(=O)C2CCCC2CN)CC1. The number of hydrogen-bond donors (Lipinski definition) is 2. The predicted octanol–water partition coefficient (Wildman–Crippen LogP) is 1.27. The van der Waals surface area contributed by atoms with Gasteiger partial charge in [-0.15, -0.1) is 0 Å². The molecule has 2 unspecified atom stereocenters. The molecule has 1 saturated heterocycles. The Balaban J connectivity index is 1.78. The highest BCUT2D eigenvalue weighted by Crippen LogP contribution is 2.33. The zero-order valence-electron chi connectivity index (χ0n) is 13.1. The smallest absolute Gasteiger partial charge is 0.226 e. The summed E-state index contributed by atoms with van der Waals surface area (Å²) >= 11 is 0. The Labute approximate surface area is 127 Å². The molecule has 1 aliphatic heterocycles. The van der Waals surface area contributed by atoms with Crippen LogP contribution in [0.5, 0.6) is 0 Å². The van der Waals surface area contributed by atoms with Gasteiger partial charge in [0.1, 0.15) is 0 Å². The van der Waals surface area contributed by atoms with Gasteiger partial charge in [0.15, 0.2) is 0 Å². The zero-order valence-corrected chi connectivity index (χ0v) is 13.1. The number of hydrogen-bond acceptors (Lipinski definition) is 3. The Hall–Kier alpha value is -1.10. The van der Waals surface area contributed by atoms with E-state index in [0.29, 0.717) is 24.8 Å². The summed E-state index contributed by atoms with van der Waals surface area (Å²) in [4.78, 5) is 26.2. The summed E-state index contributed by atoms with van der Waals surface area (Å²) in [5.41, 5.74) is 5.78. The number of nitrogens with zero attached hydrogens (tertiary/aromatic N) is 1. The first-order chi connectivity index (χ1) is 10.2. The summed E-state index contributed by atoms with van der Waals surface area (Å²) in [5, 5.41) is 3.07. The van der Waals surface area contributed by atoms with Gasteiger partial charge in [-0.3, -0.25) is 9.59 Å². The van der Waals surface area contributed by atoms with Crippen LogP contribution in [0.1, 0.15) is 51.9 Å². The van der Waals surface area contributed by atoms with Crippen molar-refractivity contribution in [2.75, 3.05) is 19.6 Å². The number of carbonyl (C=O) groups excluding carboxylic acids is 2. The second-order valence-corrected chi connectivity index (χ2v) is 6.45. The van der Waals surface area contributed by atoms with Crippen LogP contribution in [-0.2, 0) is 9.59 Å². The fourth-order valence-corrected chi connectivity index (χ4v) is 3.65. The Morgan fingerprint density at radius 2 is 1.90 bits per heavy atom. The fraction of sp³-hybridized carbons (Fsp3) is 0.875. The van der Waals surface area contributed by atoms with E-state index in [2.05, 4.69) is 5.32 Å². The molecule has 0 bridgehead atoms. The molecule has 2 rings (SSSR count). The van der Waals surface area contributed by atoms with Crippen LogP contribution < -0.4 is 11.1 Å². The van der Waals surface area contributed by atoms with Crippen LogP contribution >= 0.6 is 0 Å². The van der Waals surface area contributed by atoms with Gasteiger partial charge in [-0.25, -0.2) is 0 Å². The molecule has 0 spiro atoms. The summed E-state index contributed by atoms with van der Waals surface area (Å²) < 4.78 is 0. The van der Waals surface area contributed by atoms with Crippen molar-refractivity contribution in [3.63, 3.8) is 0 Å². The van der Waals surface area contributed by atoms with Gasteiger partial charge in [0.25, 0.3) is 0 Å². The normalized spacial score (nSPS) is 26.9. The zero-order chi connectivity index (χ0) is 15.2. The van der Waals surface area contributed by atoms with E-state index in [4.69, 9.17) is 5.73 Å². The number of likely N-dealkylation sites (tertiary alicyclic amines) is 1. The minimum Gasteiger partial charge on any atom is -0.353 e. The molecule has 21 heavy (non-hydrogen) atoms. The van der Waals surface area contributed by atoms with Gasteiger partial charge in [-0.2, -0.15) is 0 Å². The Kier molecular flexibility index (Phi) is 6.03. The molecule has 5 heteroatoms. The summed E-state index contributed by atoms with van der Waals surface area (Å²) in [7, 11) is 0. The van der Waals surface area contributed by atoms with Crippen LogP contribution in [0.4, 0.5) is 0 Å². The third-order valence-corrected chi connectivity index (χ3v) is 4.93. The lowest BCUT2D eigenvalue weighted by molar-refractivity contribution is -0.137. The lowest BCUT2D eigenvalue weighted by atomic mass is 9.93. The van der Waals surface area contributed by atoms with Gasteiger partial charge in [-0.05, 0) is 44.6 Å². The van der Waals surface area contributed by atoms with Crippen molar-refractivity contribution in [3.05, 3.63) is 0 Å². The van der Waals surface area contributed by atoms with Crippen molar-refractivity contribution < 1.29 is 9.59 Å². The van der Waals surface area contributed by atoms with Gasteiger partial charge < -0.3 is 16.0 Å². The van der Waals surface area contributed by atoms with E-state index in [0.717, 1.165) is 51.6 Å². The van der Waals surface area contributed by atoms with E-state index in [9.17, 15) is 9.59 Å². The minimum absolute atomic E-state index is 0.140. The molecule has 1 saturated carbocycles. The van der Waals surface area contributed by atoms with Gasteiger partial charge in [-0.1, -0.05) is 13.3 Å². The van der Waals surface area contributed by atoms with Gasteiger partial charge in [0.05, 0.1) is 0 Å². The van der Waals surface area contributed by atoms with Crippen LogP contribution in [0.15, 0.2) is 0 Å². The van der Waals surface area contributed by atoms with E-state index in [1.54, 1.807) is 0 Å². The summed E-state index contributed by atoms with van der Waals surface area (Å²) in [5.74, 6) is 0.947. The summed E-state index contributed by atoms with van der Waals surface area (Å²) in [6.45, 7) is 4.17. The lowest BCUT2D eigenvalue weighted by Crippen LogP contribution is -2.48. The Morgan fingerprint density at radius 1 is 1.19 bits per heavy atom. The standard InChI is InChI=1S/C16H29N3O2/c1-2-4-15(20)18-13-7-9-19(10-8-13)16(21)14-6-3-5-12(14)11-17/h12-14H,2-11,17H2,1H3,(H,18,20). The molecule has 0 radical (unpaired) electrons. The molecule has 1 heterocycles. The maximum Gasteiger partial charge on any atom is 0.226 e. The average Bonchev–Trinajstić information content (AvgIpc) is 2.96. The first-order valence-corrected chi connectivity index (χ1v) is 8.44. The predicted molar refractivity (Wildman–Crippen MR) is 82.5 cm³/mol. The topological polar surface area (TPSA) is 75.4 Å². The highest BCUT2D eigenvalue weighted by molar-refractivity contribution is 5.80. The van der Waals surface area contributed by atoms with Gasteiger partial charge >= 0.3 is 0 Å². The van der Waals surface area contributed by atoms with Crippen molar-refractivity contribution in [1.29, 1.82) is 0 Å². The third kappa shape index (κ3) is 4.19. The van der Waals surface area contributed by atoms with Crippen LogP contribution in [0.2, 0.25) is 0 Å². The van der Waals surface area contributed by atoms with Gasteiger partial charge in [0.2, 0.25) is 11.8 Å². The fourth-order valence-electron chi connectivity index (χ4n) is 3.65. The first-order valence-electron chi connectivity index (χ1n) is 8.44. The number of carbonyl (C=O) groups is 2. The second-order valence-electron chi connectivity index (χ2n) is 6.45. The summed E-state index contributed by atoms with van der Waals surface area (Å²) in [6.07, 6.45) is 6.44. The van der Waals surface area contributed by atoms with Crippen molar-refractivity contribution in [2.45, 2.75) is 57.9 Å². The molecule has 2 fully saturated rings. The number of nitrogens with two attached hydrogens (primary N) is 1. The Morgan fingerprint density at radius 3 is 2.52 bits per heavy atom. The number of rotatable bonds is 5. The number of nitrogens with one attached hydrogen (secondary N) is 1.